The number of carbonyl (C=O) groups is 1. The second kappa shape index (κ2) is 8.66. The summed E-state index contributed by atoms with van der Waals surface area (Å²) in [4.78, 5) is 18.1. The van der Waals surface area contributed by atoms with Crippen LogP contribution in [0.5, 0.6) is 0 Å². The maximum atomic E-state index is 13.3. The predicted octanol–water partition coefficient (Wildman–Crippen LogP) is 3.51. The number of fused-ring (bicyclic) bond motifs is 1. The van der Waals surface area contributed by atoms with Gasteiger partial charge in [0, 0.05) is 12.6 Å². The Kier molecular flexibility index (Phi) is 5.40. The highest BCUT2D eigenvalue weighted by Gasteiger charge is 2.18. The molecule has 3 heterocycles. The number of rotatable bonds is 6. The standard InChI is InChI=1S/C25H23N7O/c1-17-29-30-23(31(17)2)15-26-25(33)20-13-22(19-11-7-4-8-12-19)28-24-21(20)14-27-32(24)16-18-9-5-3-6-10-18/h3-14H,15-16H2,1-2H3,(H,26,33). The average Bonchev–Trinajstić information content (AvgIpc) is 3.40. The Labute approximate surface area is 190 Å². The van der Waals surface area contributed by atoms with Crippen LogP contribution in [0.2, 0.25) is 0 Å². The fourth-order valence-electron chi connectivity index (χ4n) is 3.72. The van der Waals surface area contributed by atoms with Crippen molar-refractivity contribution in [3.63, 3.8) is 0 Å². The molecule has 0 fully saturated rings. The average molecular weight is 438 g/mol. The van der Waals surface area contributed by atoms with E-state index in [1.165, 1.54) is 0 Å². The Morgan fingerprint density at radius 2 is 1.73 bits per heavy atom. The maximum Gasteiger partial charge on any atom is 0.252 e. The van der Waals surface area contributed by atoms with Crippen molar-refractivity contribution in [2.45, 2.75) is 20.0 Å². The third-order valence-electron chi connectivity index (χ3n) is 5.69. The summed E-state index contributed by atoms with van der Waals surface area (Å²) in [5.74, 6) is 1.27. The predicted molar refractivity (Wildman–Crippen MR) is 125 cm³/mol. The Hall–Kier alpha value is -4.33. The van der Waals surface area contributed by atoms with Gasteiger partial charge in [-0.15, -0.1) is 10.2 Å². The molecule has 0 saturated carbocycles. The first-order valence-electron chi connectivity index (χ1n) is 10.7. The number of amides is 1. The van der Waals surface area contributed by atoms with Crippen LogP contribution < -0.4 is 5.32 Å². The SMILES string of the molecule is Cc1nnc(CNC(=O)c2cc(-c3ccccc3)nc3c2cnn3Cc2ccccc2)n1C. The van der Waals surface area contributed by atoms with E-state index in [2.05, 4.69) is 20.6 Å². The molecule has 0 aliphatic heterocycles. The molecule has 0 aliphatic carbocycles. The Morgan fingerprint density at radius 3 is 2.42 bits per heavy atom. The molecule has 3 aromatic heterocycles. The molecular formula is C25H23N7O. The van der Waals surface area contributed by atoms with Crippen LogP contribution in [0.25, 0.3) is 22.3 Å². The summed E-state index contributed by atoms with van der Waals surface area (Å²) in [6.07, 6.45) is 1.71. The number of nitrogens with one attached hydrogen (secondary N) is 1. The smallest absolute Gasteiger partial charge is 0.252 e. The second-order valence-electron chi connectivity index (χ2n) is 7.85. The molecule has 5 aromatic rings. The molecule has 0 atom stereocenters. The molecule has 0 unspecified atom stereocenters. The summed E-state index contributed by atoms with van der Waals surface area (Å²) in [6.45, 7) is 2.71. The Morgan fingerprint density at radius 1 is 1.00 bits per heavy atom. The number of carbonyl (C=O) groups excluding carboxylic acids is 1. The van der Waals surface area contributed by atoms with Crippen molar-refractivity contribution < 1.29 is 4.79 Å². The number of benzene rings is 2. The van der Waals surface area contributed by atoms with Crippen molar-refractivity contribution in [2.24, 2.45) is 7.05 Å². The minimum atomic E-state index is -0.209. The van der Waals surface area contributed by atoms with E-state index in [4.69, 9.17) is 4.98 Å². The van der Waals surface area contributed by atoms with Crippen LogP contribution in [-0.2, 0) is 20.1 Å². The van der Waals surface area contributed by atoms with Crippen LogP contribution in [0.4, 0.5) is 0 Å². The van der Waals surface area contributed by atoms with Crippen molar-refractivity contribution >= 4 is 16.9 Å². The van der Waals surface area contributed by atoms with Crippen molar-refractivity contribution in [2.75, 3.05) is 0 Å². The lowest BCUT2D eigenvalue weighted by Crippen LogP contribution is -2.25. The number of pyridine rings is 1. The summed E-state index contributed by atoms with van der Waals surface area (Å²) in [5, 5.41) is 16.4. The van der Waals surface area contributed by atoms with Gasteiger partial charge in [0.25, 0.3) is 5.91 Å². The summed E-state index contributed by atoms with van der Waals surface area (Å²) in [6, 6.07) is 21.7. The lowest BCUT2D eigenvalue weighted by molar-refractivity contribution is 0.0951. The van der Waals surface area contributed by atoms with E-state index >= 15 is 0 Å². The van der Waals surface area contributed by atoms with Crippen molar-refractivity contribution in [1.29, 1.82) is 0 Å². The zero-order valence-corrected chi connectivity index (χ0v) is 18.4. The van der Waals surface area contributed by atoms with E-state index in [-0.39, 0.29) is 12.5 Å². The topological polar surface area (TPSA) is 90.5 Å². The van der Waals surface area contributed by atoms with Gasteiger partial charge in [0.2, 0.25) is 0 Å². The minimum Gasteiger partial charge on any atom is -0.345 e. The summed E-state index contributed by atoms with van der Waals surface area (Å²) < 4.78 is 3.69. The van der Waals surface area contributed by atoms with Gasteiger partial charge in [0.1, 0.15) is 5.82 Å². The van der Waals surface area contributed by atoms with E-state index in [1.807, 2.05) is 90.0 Å². The second-order valence-corrected chi connectivity index (χ2v) is 7.85. The molecule has 33 heavy (non-hydrogen) atoms. The zero-order valence-electron chi connectivity index (χ0n) is 18.4. The van der Waals surface area contributed by atoms with E-state index in [0.717, 1.165) is 22.6 Å². The van der Waals surface area contributed by atoms with Crippen molar-refractivity contribution in [1.82, 2.24) is 34.8 Å². The number of hydrogen-bond donors (Lipinski definition) is 1. The molecule has 8 nitrogen and oxygen atoms in total. The van der Waals surface area contributed by atoms with E-state index in [1.54, 1.807) is 6.20 Å². The molecule has 0 aliphatic rings. The van der Waals surface area contributed by atoms with Gasteiger partial charge >= 0.3 is 0 Å². The van der Waals surface area contributed by atoms with Gasteiger partial charge in [-0.2, -0.15) is 5.10 Å². The highest BCUT2D eigenvalue weighted by atomic mass is 16.1. The third kappa shape index (κ3) is 4.10. The zero-order chi connectivity index (χ0) is 22.8. The molecule has 1 N–H and O–H groups in total. The van der Waals surface area contributed by atoms with Gasteiger partial charge in [0.15, 0.2) is 11.5 Å². The van der Waals surface area contributed by atoms with Crippen LogP contribution in [0.3, 0.4) is 0 Å². The first kappa shape index (κ1) is 20.6. The molecule has 1 amide bonds. The van der Waals surface area contributed by atoms with Gasteiger partial charge < -0.3 is 9.88 Å². The summed E-state index contributed by atoms with van der Waals surface area (Å²) in [7, 11) is 1.88. The molecule has 0 radical (unpaired) electrons. The van der Waals surface area contributed by atoms with Gasteiger partial charge in [-0.3, -0.25) is 4.79 Å². The Bertz CT molecular complexity index is 1420. The van der Waals surface area contributed by atoms with Crippen LogP contribution in [0.1, 0.15) is 27.6 Å². The van der Waals surface area contributed by atoms with Gasteiger partial charge in [-0.25, -0.2) is 9.67 Å². The van der Waals surface area contributed by atoms with Gasteiger partial charge in [-0.05, 0) is 18.6 Å². The molecule has 0 saturated heterocycles. The van der Waals surface area contributed by atoms with Crippen LogP contribution in [-0.4, -0.2) is 35.4 Å². The largest absolute Gasteiger partial charge is 0.345 e. The number of nitrogens with zero attached hydrogens (tertiary/aromatic N) is 6. The Balaban J connectivity index is 1.54. The van der Waals surface area contributed by atoms with E-state index in [9.17, 15) is 4.79 Å². The minimum absolute atomic E-state index is 0.209. The monoisotopic (exact) mass is 437 g/mol. The lowest BCUT2D eigenvalue weighted by Gasteiger charge is -2.10. The molecular weight excluding hydrogens is 414 g/mol. The summed E-state index contributed by atoms with van der Waals surface area (Å²) in [5.41, 5.74) is 3.96. The highest BCUT2D eigenvalue weighted by molar-refractivity contribution is 6.06. The molecule has 0 spiro atoms. The number of aryl methyl sites for hydroxylation is 1. The maximum absolute atomic E-state index is 13.3. The lowest BCUT2D eigenvalue weighted by atomic mass is 10.1. The third-order valence-corrected chi connectivity index (χ3v) is 5.69. The van der Waals surface area contributed by atoms with Crippen molar-refractivity contribution in [3.8, 4) is 11.3 Å². The quantitative estimate of drug-likeness (QED) is 0.439. The molecule has 8 heteroatoms. The van der Waals surface area contributed by atoms with Crippen LogP contribution >= 0.6 is 0 Å². The highest BCUT2D eigenvalue weighted by Crippen LogP contribution is 2.25. The van der Waals surface area contributed by atoms with Gasteiger partial charge in [-0.1, -0.05) is 60.7 Å². The molecule has 5 rings (SSSR count). The molecule has 164 valence electrons. The van der Waals surface area contributed by atoms with Crippen molar-refractivity contribution in [3.05, 3.63) is 95.7 Å². The number of hydrogen-bond acceptors (Lipinski definition) is 5. The molecule has 2 aromatic carbocycles. The van der Waals surface area contributed by atoms with E-state index < -0.39 is 0 Å². The normalized spacial score (nSPS) is 11.1. The fourth-order valence-corrected chi connectivity index (χ4v) is 3.72. The molecule has 0 bridgehead atoms. The van der Waals surface area contributed by atoms with Crippen LogP contribution in [0.15, 0.2) is 72.9 Å². The fraction of sp³-hybridized carbons (Fsp3) is 0.160. The van der Waals surface area contributed by atoms with Crippen LogP contribution in [0, 0.1) is 6.92 Å². The van der Waals surface area contributed by atoms with E-state index in [0.29, 0.717) is 29.0 Å². The number of aromatic nitrogens is 6. The summed E-state index contributed by atoms with van der Waals surface area (Å²) >= 11 is 0. The van der Waals surface area contributed by atoms with Gasteiger partial charge in [0.05, 0.1) is 35.9 Å². The first-order valence-corrected chi connectivity index (χ1v) is 10.7. The first-order chi connectivity index (χ1) is 16.1.